The molecule has 1 aromatic carbocycles. The lowest BCUT2D eigenvalue weighted by molar-refractivity contribution is 0.0722. The minimum Gasteiger partial charge on any atom is -0.399 e. The van der Waals surface area contributed by atoms with Crippen molar-refractivity contribution in [3.8, 4) is 0 Å². The zero-order chi connectivity index (χ0) is 13.2. The van der Waals surface area contributed by atoms with Gasteiger partial charge < -0.3 is 10.6 Å². The highest BCUT2D eigenvalue weighted by Gasteiger charge is 2.24. The van der Waals surface area contributed by atoms with E-state index in [1.54, 1.807) is 29.4 Å². The van der Waals surface area contributed by atoms with Crippen LogP contribution in [0, 0.1) is 0 Å². The van der Waals surface area contributed by atoms with Crippen LogP contribution in [0.2, 0.25) is 0 Å². The zero-order valence-corrected chi connectivity index (χ0v) is 10.4. The molecule has 5 heteroatoms. The highest BCUT2D eigenvalue weighted by atomic mass is 16.2. The van der Waals surface area contributed by atoms with E-state index in [2.05, 4.69) is 9.97 Å². The molecule has 0 bridgehead atoms. The molecule has 2 aromatic rings. The van der Waals surface area contributed by atoms with Crippen molar-refractivity contribution in [1.82, 2.24) is 14.9 Å². The smallest absolute Gasteiger partial charge is 0.254 e. The molecule has 0 aliphatic carbocycles. The summed E-state index contributed by atoms with van der Waals surface area (Å²) in [5.41, 5.74) is 8.12. The molecule has 1 aromatic heterocycles. The monoisotopic (exact) mass is 254 g/mol. The van der Waals surface area contributed by atoms with Crippen molar-refractivity contribution in [1.29, 1.82) is 0 Å². The third kappa shape index (κ3) is 2.27. The number of anilines is 1. The Morgan fingerprint density at radius 1 is 1.26 bits per heavy atom. The summed E-state index contributed by atoms with van der Waals surface area (Å²) in [6.45, 7) is 1.13. The molecule has 0 saturated carbocycles. The molecule has 1 aliphatic heterocycles. The van der Waals surface area contributed by atoms with Crippen molar-refractivity contribution in [2.45, 2.75) is 13.0 Å². The molecule has 5 nitrogen and oxygen atoms in total. The predicted octanol–water partition coefficient (Wildman–Crippen LogP) is 1.26. The van der Waals surface area contributed by atoms with E-state index in [1.165, 1.54) is 0 Å². The Morgan fingerprint density at radius 2 is 2.05 bits per heavy atom. The number of nitrogens with two attached hydrogens (primary N) is 1. The first-order valence-electron chi connectivity index (χ1n) is 6.17. The summed E-state index contributed by atoms with van der Waals surface area (Å²) in [5.74, 6) is 0.657. The molecule has 0 unspecified atom stereocenters. The molecule has 0 saturated heterocycles. The van der Waals surface area contributed by atoms with Crippen LogP contribution in [0.4, 0.5) is 5.69 Å². The first-order valence-corrected chi connectivity index (χ1v) is 6.17. The van der Waals surface area contributed by atoms with Crippen LogP contribution in [0.25, 0.3) is 0 Å². The van der Waals surface area contributed by atoms with E-state index in [-0.39, 0.29) is 5.91 Å². The Bertz CT molecular complexity index is 612. The maximum atomic E-state index is 12.4. The standard InChI is InChI=1S/C14H14N4O/c15-11-3-2-10-4-7-18(14(19)12(10)8-11)9-13-16-5-1-6-17-13/h1-3,5-6,8H,4,7,9,15H2. The molecule has 2 N–H and O–H groups in total. The fourth-order valence-electron chi connectivity index (χ4n) is 2.27. The number of hydrogen-bond donors (Lipinski definition) is 1. The van der Waals surface area contributed by atoms with Gasteiger partial charge in [-0.15, -0.1) is 0 Å². The average Bonchev–Trinajstić information content (AvgIpc) is 2.44. The van der Waals surface area contributed by atoms with E-state index in [0.717, 1.165) is 12.0 Å². The van der Waals surface area contributed by atoms with Gasteiger partial charge >= 0.3 is 0 Å². The van der Waals surface area contributed by atoms with Crippen LogP contribution in [-0.2, 0) is 13.0 Å². The van der Waals surface area contributed by atoms with Gasteiger partial charge in [-0.1, -0.05) is 6.07 Å². The quantitative estimate of drug-likeness (QED) is 0.819. The maximum Gasteiger partial charge on any atom is 0.254 e. The predicted molar refractivity (Wildman–Crippen MR) is 71.3 cm³/mol. The minimum atomic E-state index is 0.000929. The van der Waals surface area contributed by atoms with Crippen LogP contribution in [-0.4, -0.2) is 27.3 Å². The van der Waals surface area contributed by atoms with Crippen molar-refractivity contribution in [3.05, 3.63) is 53.6 Å². The number of rotatable bonds is 2. The molecule has 96 valence electrons. The Kier molecular flexibility index (Phi) is 2.87. The van der Waals surface area contributed by atoms with Gasteiger partial charge in [0.2, 0.25) is 0 Å². The van der Waals surface area contributed by atoms with Crippen LogP contribution >= 0.6 is 0 Å². The molecular formula is C14H14N4O. The van der Waals surface area contributed by atoms with Crippen molar-refractivity contribution in [3.63, 3.8) is 0 Å². The maximum absolute atomic E-state index is 12.4. The van der Waals surface area contributed by atoms with E-state index in [0.29, 0.717) is 30.2 Å². The summed E-state index contributed by atoms with van der Waals surface area (Å²) in [7, 11) is 0. The Morgan fingerprint density at radius 3 is 2.84 bits per heavy atom. The molecule has 1 amide bonds. The summed E-state index contributed by atoms with van der Waals surface area (Å²) in [4.78, 5) is 22.5. The molecule has 1 aliphatic rings. The Labute approximate surface area is 111 Å². The second-order valence-corrected chi connectivity index (χ2v) is 4.56. The minimum absolute atomic E-state index is 0.000929. The molecular weight excluding hydrogens is 240 g/mol. The third-order valence-corrected chi connectivity index (χ3v) is 3.25. The summed E-state index contributed by atoms with van der Waals surface area (Å²) in [6, 6.07) is 7.27. The molecule has 3 rings (SSSR count). The van der Waals surface area contributed by atoms with Crippen molar-refractivity contribution < 1.29 is 4.79 Å². The normalized spacial score (nSPS) is 14.3. The van der Waals surface area contributed by atoms with Gasteiger partial charge in [-0.05, 0) is 30.2 Å². The van der Waals surface area contributed by atoms with Crippen LogP contribution in [0.5, 0.6) is 0 Å². The Hall–Kier alpha value is -2.43. The van der Waals surface area contributed by atoms with E-state index >= 15 is 0 Å². The second kappa shape index (κ2) is 4.68. The fraction of sp³-hybridized carbons (Fsp3) is 0.214. The molecule has 0 fully saturated rings. The number of hydrogen-bond acceptors (Lipinski definition) is 4. The highest BCUT2D eigenvalue weighted by molar-refractivity contribution is 5.97. The van der Waals surface area contributed by atoms with Gasteiger partial charge in [-0.2, -0.15) is 0 Å². The molecule has 0 atom stereocenters. The van der Waals surface area contributed by atoms with Crippen LogP contribution in [0.15, 0.2) is 36.7 Å². The first kappa shape index (κ1) is 11.6. The van der Waals surface area contributed by atoms with Crippen molar-refractivity contribution in [2.75, 3.05) is 12.3 Å². The molecule has 2 heterocycles. The number of amides is 1. The van der Waals surface area contributed by atoms with Gasteiger partial charge in [0.25, 0.3) is 5.91 Å². The number of carbonyl (C=O) groups is 1. The van der Waals surface area contributed by atoms with E-state index in [1.807, 2.05) is 12.1 Å². The lowest BCUT2D eigenvalue weighted by Gasteiger charge is -2.28. The van der Waals surface area contributed by atoms with Crippen molar-refractivity contribution >= 4 is 11.6 Å². The number of aromatic nitrogens is 2. The van der Waals surface area contributed by atoms with Crippen LogP contribution in [0.3, 0.4) is 0 Å². The molecule has 0 radical (unpaired) electrons. The summed E-state index contributed by atoms with van der Waals surface area (Å²) in [5, 5.41) is 0. The van der Waals surface area contributed by atoms with Gasteiger partial charge in [-0.3, -0.25) is 4.79 Å². The summed E-state index contributed by atoms with van der Waals surface area (Å²) >= 11 is 0. The van der Waals surface area contributed by atoms with Gasteiger partial charge in [0.05, 0.1) is 6.54 Å². The van der Waals surface area contributed by atoms with Crippen molar-refractivity contribution in [2.24, 2.45) is 0 Å². The van der Waals surface area contributed by atoms with E-state index in [9.17, 15) is 4.79 Å². The topological polar surface area (TPSA) is 72.1 Å². The fourth-order valence-corrected chi connectivity index (χ4v) is 2.27. The lowest BCUT2D eigenvalue weighted by Crippen LogP contribution is -2.37. The Balaban J connectivity index is 1.85. The lowest BCUT2D eigenvalue weighted by atomic mass is 9.98. The summed E-state index contributed by atoms with van der Waals surface area (Å²) < 4.78 is 0. The number of benzene rings is 1. The van der Waals surface area contributed by atoms with Gasteiger partial charge in [0, 0.05) is 30.2 Å². The second-order valence-electron chi connectivity index (χ2n) is 4.56. The number of nitrogen functional groups attached to an aromatic ring is 1. The zero-order valence-electron chi connectivity index (χ0n) is 10.4. The third-order valence-electron chi connectivity index (χ3n) is 3.25. The molecule has 19 heavy (non-hydrogen) atoms. The SMILES string of the molecule is Nc1ccc2c(c1)C(=O)N(Cc1ncccn1)CC2. The summed E-state index contributed by atoms with van der Waals surface area (Å²) in [6.07, 6.45) is 4.21. The van der Waals surface area contributed by atoms with E-state index < -0.39 is 0 Å². The number of fused-ring (bicyclic) bond motifs is 1. The number of carbonyl (C=O) groups excluding carboxylic acids is 1. The first-order chi connectivity index (χ1) is 9.24. The van der Waals surface area contributed by atoms with Crippen LogP contribution in [0.1, 0.15) is 21.7 Å². The van der Waals surface area contributed by atoms with Crippen LogP contribution < -0.4 is 5.73 Å². The molecule has 0 spiro atoms. The highest BCUT2D eigenvalue weighted by Crippen LogP contribution is 2.22. The van der Waals surface area contributed by atoms with Gasteiger partial charge in [0.15, 0.2) is 0 Å². The largest absolute Gasteiger partial charge is 0.399 e. The number of nitrogens with zero attached hydrogens (tertiary/aromatic N) is 3. The van der Waals surface area contributed by atoms with Gasteiger partial charge in [-0.25, -0.2) is 9.97 Å². The van der Waals surface area contributed by atoms with Gasteiger partial charge in [0.1, 0.15) is 5.82 Å². The average molecular weight is 254 g/mol. The van der Waals surface area contributed by atoms with E-state index in [4.69, 9.17) is 5.73 Å².